The normalized spacial score (nSPS) is 19.5. The third-order valence-electron chi connectivity index (χ3n) is 3.15. The van der Waals surface area contributed by atoms with Crippen molar-refractivity contribution in [1.82, 2.24) is 4.98 Å². The summed E-state index contributed by atoms with van der Waals surface area (Å²) < 4.78 is 0. The third-order valence-corrected chi connectivity index (χ3v) is 4.34. The molecule has 1 aromatic rings. The molecule has 0 fully saturated rings. The van der Waals surface area contributed by atoms with Gasteiger partial charge in [0.05, 0.1) is 11.8 Å². The second-order valence-electron chi connectivity index (χ2n) is 5.15. The molecule has 96 valence electrons. The van der Waals surface area contributed by atoms with Gasteiger partial charge in [-0.25, -0.2) is 4.98 Å². The summed E-state index contributed by atoms with van der Waals surface area (Å²) in [7, 11) is 0. The largest absolute Gasteiger partial charge is 0.387 e. The van der Waals surface area contributed by atoms with Crippen molar-refractivity contribution in [1.29, 1.82) is 0 Å². The lowest BCUT2D eigenvalue weighted by molar-refractivity contribution is 0.153. The number of nitrogens with zero attached hydrogens (tertiary/aromatic N) is 2. The predicted molar refractivity (Wildman–Crippen MR) is 72.7 cm³/mol. The Kier molecular flexibility index (Phi) is 4.05. The first kappa shape index (κ1) is 12.8. The van der Waals surface area contributed by atoms with Gasteiger partial charge in [-0.05, 0) is 32.1 Å². The molecule has 1 unspecified atom stereocenters. The molecule has 0 aliphatic heterocycles. The van der Waals surface area contributed by atoms with E-state index in [0.29, 0.717) is 5.92 Å². The predicted octanol–water partition coefficient (Wildman–Crippen LogP) is 3.00. The number of fused-ring (bicyclic) bond motifs is 1. The van der Waals surface area contributed by atoms with Gasteiger partial charge in [-0.1, -0.05) is 13.8 Å². The highest BCUT2D eigenvalue weighted by Gasteiger charge is 2.24. The molecule has 1 aliphatic rings. The fraction of sp³-hybridized carbons (Fsp3) is 0.769. The molecule has 0 aromatic carbocycles. The van der Waals surface area contributed by atoms with E-state index in [-0.39, 0.29) is 6.10 Å². The number of hydrogen-bond donors (Lipinski definition) is 1. The number of anilines is 1. The molecule has 3 nitrogen and oxygen atoms in total. The highest BCUT2D eigenvalue weighted by molar-refractivity contribution is 7.15. The van der Waals surface area contributed by atoms with Gasteiger partial charge in [-0.3, -0.25) is 0 Å². The van der Waals surface area contributed by atoms with E-state index in [9.17, 15) is 5.11 Å². The van der Waals surface area contributed by atoms with E-state index in [1.165, 1.54) is 4.88 Å². The van der Waals surface area contributed by atoms with Crippen LogP contribution in [-0.4, -0.2) is 23.2 Å². The summed E-state index contributed by atoms with van der Waals surface area (Å²) in [5.41, 5.74) is 0.943. The lowest BCUT2D eigenvalue weighted by atomic mass is 10.0. The van der Waals surface area contributed by atoms with E-state index in [1.807, 2.05) is 0 Å². The minimum atomic E-state index is -0.332. The number of aliphatic hydroxyl groups is 1. The molecule has 0 spiro atoms. The summed E-state index contributed by atoms with van der Waals surface area (Å²) in [6.45, 7) is 8.65. The van der Waals surface area contributed by atoms with Crippen LogP contribution in [0.5, 0.6) is 0 Å². The van der Waals surface area contributed by atoms with Crippen LogP contribution in [0.2, 0.25) is 0 Å². The van der Waals surface area contributed by atoms with Crippen molar-refractivity contribution in [2.45, 2.75) is 46.1 Å². The van der Waals surface area contributed by atoms with Gasteiger partial charge in [0.15, 0.2) is 5.13 Å². The van der Waals surface area contributed by atoms with Gasteiger partial charge in [0, 0.05) is 18.0 Å². The molecule has 0 amide bonds. The van der Waals surface area contributed by atoms with Crippen molar-refractivity contribution in [2.75, 3.05) is 18.0 Å². The van der Waals surface area contributed by atoms with E-state index in [0.717, 1.165) is 43.2 Å². The van der Waals surface area contributed by atoms with Gasteiger partial charge in [0.2, 0.25) is 0 Å². The van der Waals surface area contributed by atoms with Crippen LogP contribution in [0.4, 0.5) is 5.13 Å². The topological polar surface area (TPSA) is 36.4 Å². The molecule has 1 heterocycles. The lowest BCUT2D eigenvalue weighted by Crippen LogP contribution is -2.27. The third kappa shape index (κ3) is 2.80. The van der Waals surface area contributed by atoms with Crippen LogP contribution < -0.4 is 4.90 Å². The van der Waals surface area contributed by atoms with E-state index in [2.05, 4.69) is 30.7 Å². The fourth-order valence-corrected chi connectivity index (χ4v) is 3.53. The smallest absolute Gasteiger partial charge is 0.185 e. The van der Waals surface area contributed by atoms with E-state index in [4.69, 9.17) is 0 Å². The van der Waals surface area contributed by atoms with E-state index < -0.39 is 0 Å². The van der Waals surface area contributed by atoms with Crippen LogP contribution in [-0.2, 0) is 6.42 Å². The zero-order valence-corrected chi connectivity index (χ0v) is 11.8. The van der Waals surface area contributed by atoms with Gasteiger partial charge < -0.3 is 10.0 Å². The molecule has 1 N–H and O–H groups in total. The Bertz CT molecular complexity index is 375. The highest BCUT2D eigenvalue weighted by atomic mass is 32.1. The Labute approximate surface area is 107 Å². The van der Waals surface area contributed by atoms with Crippen LogP contribution >= 0.6 is 11.3 Å². The average molecular weight is 254 g/mol. The van der Waals surface area contributed by atoms with Crippen LogP contribution in [0.25, 0.3) is 0 Å². The van der Waals surface area contributed by atoms with Gasteiger partial charge >= 0.3 is 0 Å². The fourth-order valence-electron chi connectivity index (χ4n) is 2.30. The van der Waals surface area contributed by atoms with E-state index in [1.54, 1.807) is 11.3 Å². The second-order valence-corrected chi connectivity index (χ2v) is 6.21. The molecule has 1 aromatic heterocycles. The summed E-state index contributed by atoms with van der Waals surface area (Å²) in [6.07, 6.45) is 2.71. The Hall–Kier alpha value is -0.610. The maximum absolute atomic E-state index is 9.94. The number of aliphatic hydroxyl groups excluding tert-OH is 1. The molecular formula is C13H22N2OS. The highest BCUT2D eigenvalue weighted by Crippen LogP contribution is 2.36. The SMILES string of the molecule is CCN(CC(C)C)c1nc2c(s1)CCCC2O. The maximum atomic E-state index is 9.94. The first-order chi connectivity index (χ1) is 8.11. The number of thiazole rings is 1. The van der Waals surface area contributed by atoms with Gasteiger partial charge in [0.25, 0.3) is 0 Å². The monoisotopic (exact) mass is 254 g/mol. The molecule has 0 bridgehead atoms. The number of rotatable bonds is 4. The summed E-state index contributed by atoms with van der Waals surface area (Å²) in [4.78, 5) is 8.26. The first-order valence-electron chi connectivity index (χ1n) is 6.54. The van der Waals surface area contributed by atoms with Crippen LogP contribution in [0.1, 0.15) is 50.3 Å². The molecule has 1 aliphatic carbocycles. The van der Waals surface area contributed by atoms with E-state index >= 15 is 0 Å². The van der Waals surface area contributed by atoms with Crippen LogP contribution in [0.3, 0.4) is 0 Å². The van der Waals surface area contributed by atoms with Gasteiger partial charge in [-0.15, -0.1) is 11.3 Å². The molecule has 0 saturated carbocycles. The molecule has 17 heavy (non-hydrogen) atoms. The molecule has 0 saturated heterocycles. The summed E-state index contributed by atoms with van der Waals surface area (Å²) in [6, 6.07) is 0. The quantitative estimate of drug-likeness (QED) is 0.897. The standard InChI is InChI=1S/C13H22N2OS/c1-4-15(8-9(2)3)13-14-12-10(16)6-5-7-11(12)17-13/h9-10,16H,4-8H2,1-3H3. The molecule has 1 atom stereocenters. The lowest BCUT2D eigenvalue weighted by Gasteiger charge is -2.21. The Morgan fingerprint density at radius 3 is 2.88 bits per heavy atom. The summed E-state index contributed by atoms with van der Waals surface area (Å²) in [5.74, 6) is 0.640. The molecular weight excluding hydrogens is 232 g/mol. The second kappa shape index (κ2) is 5.36. The van der Waals surface area contributed by atoms with Crippen molar-refractivity contribution < 1.29 is 5.11 Å². The average Bonchev–Trinajstić information content (AvgIpc) is 2.70. The maximum Gasteiger partial charge on any atom is 0.185 e. The number of hydrogen-bond acceptors (Lipinski definition) is 4. The Morgan fingerprint density at radius 2 is 2.29 bits per heavy atom. The minimum absolute atomic E-state index is 0.332. The molecule has 2 rings (SSSR count). The van der Waals surface area contributed by atoms with Crippen molar-refractivity contribution in [3.63, 3.8) is 0 Å². The van der Waals surface area contributed by atoms with Crippen molar-refractivity contribution in [2.24, 2.45) is 5.92 Å². The summed E-state index contributed by atoms with van der Waals surface area (Å²) in [5, 5.41) is 11.0. The number of aromatic nitrogens is 1. The first-order valence-corrected chi connectivity index (χ1v) is 7.36. The minimum Gasteiger partial charge on any atom is -0.387 e. The molecule has 0 radical (unpaired) electrons. The zero-order valence-electron chi connectivity index (χ0n) is 10.9. The molecule has 4 heteroatoms. The summed E-state index contributed by atoms with van der Waals surface area (Å²) >= 11 is 1.77. The van der Waals surface area contributed by atoms with Gasteiger partial charge in [0.1, 0.15) is 0 Å². The Morgan fingerprint density at radius 1 is 1.53 bits per heavy atom. The number of aryl methyl sites for hydroxylation is 1. The van der Waals surface area contributed by atoms with Crippen LogP contribution in [0.15, 0.2) is 0 Å². The zero-order chi connectivity index (χ0) is 12.4. The Balaban J connectivity index is 2.20. The van der Waals surface area contributed by atoms with Crippen molar-refractivity contribution in [3.8, 4) is 0 Å². The van der Waals surface area contributed by atoms with Gasteiger partial charge in [-0.2, -0.15) is 0 Å². The van der Waals surface area contributed by atoms with Crippen LogP contribution in [0, 0.1) is 5.92 Å². The van der Waals surface area contributed by atoms with Crippen molar-refractivity contribution >= 4 is 16.5 Å². The van der Waals surface area contributed by atoms with Crippen molar-refractivity contribution in [3.05, 3.63) is 10.6 Å².